The van der Waals surface area contributed by atoms with E-state index in [4.69, 9.17) is 0 Å². The molecule has 23 heavy (non-hydrogen) atoms. The van der Waals surface area contributed by atoms with Crippen LogP contribution in [0.2, 0.25) is 0 Å². The highest BCUT2D eigenvalue weighted by atomic mass is 32.1. The lowest BCUT2D eigenvalue weighted by Gasteiger charge is -2.30. The van der Waals surface area contributed by atoms with Crippen LogP contribution in [0.5, 0.6) is 0 Å². The van der Waals surface area contributed by atoms with E-state index in [1.54, 1.807) is 0 Å². The fourth-order valence-corrected chi connectivity index (χ4v) is 4.39. The van der Waals surface area contributed by atoms with Crippen LogP contribution in [0.15, 0.2) is 42.5 Å². The van der Waals surface area contributed by atoms with Crippen LogP contribution in [-0.4, -0.2) is 35.2 Å². The maximum absolute atomic E-state index is 10.8. The minimum Gasteiger partial charge on any atom is -0.388 e. The molecular formula is C20H25NOS. The lowest BCUT2D eigenvalue weighted by molar-refractivity contribution is 0.0229. The largest absolute Gasteiger partial charge is 0.388 e. The van der Waals surface area contributed by atoms with E-state index in [1.807, 2.05) is 18.3 Å². The van der Waals surface area contributed by atoms with Crippen molar-refractivity contribution in [2.45, 2.75) is 32.8 Å². The summed E-state index contributed by atoms with van der Waals surface area (Å²) >= 11 is 1.84. The number of hydrogen-bond acceptors (Lipinski definition) is 3. The molecule has 1 heterocycles. The molecule has 0 aliphatic carbocycles. The monoisotopic (exact) mass is 327 g/mol. The zero-order valence-corrected chi connectivity index (χ0v) is 15.0. The molecule has 0 aliphatic heterocycles. The van der Waals surface area contributed by atoms with Crippen LogP contribution in [0, 0.1) is 0 Å². The summed E-state index contributed by atoms with van der Waals surface area (Å²) in [6.07, 6.45) is 0.684. The highest BCUT2D eigenvalue weighted by Gasteiger charge is 2.23. The maximum Gasteiger partial charge on any atom is 0.0786 e. The molecule has 0 saturated heterocycles. The Hall–Kier alpha value is -1.42. The van der Waals surface area contributed by atoms with E-state index in [0.29, 0.717) is 13.0 Å². The van der Waals surface area contributed by atoms with Gasteiger partial charge in [-0.25, -0.2) is 0 Å². The Labute approximate surface area is 142 Å². The van der Waals surface area contributed by atoms with Crippen molar-refractivity contribution in [1.82, 2.24) is 4.90 Å². The Morgan fingerprint density at radius 2 is 1.70 bits per heavy atom. The Bertz CT molecular complexity index is 802. The minimum atomic E-state index is -0.703. The molecule has 1 N–H and O–H groups in total. The van der Waals surface area contributed by atoms with Crippen LogP contribution in [0.3, 0.4) is 0 Å². The molecule has 3 aromatic rings. The van der Waals surface area contributed by atoms with Crippen molar-refractivity contribution in [2.75, 3.05) is 19.6 Å². The van der Waals surface area contributed by atoms with Crippen LogP contribution in [0.25, 0.3) is 20.2 Å². The zero-order valence-electron chi connectivity index (χ0n) is 14.2. The van der Waals surface area contributed by atoms with Crippen molar-refractivity contribution in [2.24, 2.45) is 0 Å². The third-order valence-corrected chi connectivity index (χ3v) is 5.64. The van der Waals surface area contributed by atoms with Gasteiger partial charge in [0.05, 0.1) is 5.60 Å². The van der Waals surface area contributed by atoms with Crippen LogP contribution < -0.4 is 0 Å². The third kappa shape index (κ3) is 3.57. The first-order valence-corrected chi connectivity index (χ1v) is 9.19. The number of benzene rings is 2. The number of fused-ring (bicyclic) bond motifs is 3. The molecule has 1 aromatic heterocycles. The van der Waals surface area contributed by atoms with Crippen LogP contribution in [0.1, 0.15) is 26.3 Å². The minimum absolute atomic E-state index is 0.684. The quantitative estimate of drug-likeness (QED) is 0.710. The summed E-state index contributed by atoms with van der Waals surface area (Å²) in [6, 6.07) is 15.2. The van der Waals surface area contributed by atoms with E-state index in [-0.39, 0.29) is 0 Å². The van der Waals surface area contributed by atoms with Gasteiger partial charge in [-0.05, 0) is 43.8 Å². The standard InChI is InChI=1S/C20H25NOS/c1-4-21(5-2)14-20(3,22)13-15-10-11-19-17(12-15)16-8-6-7-9-18(16)23-19/h6-12,22H,4-5,13-14H2,1-3H3. The van der Waals surface area contributed by atoms with Crippen molar-refractivity contribution in [3.63, 3.8) is 0 Å². The first-order valence-electron chi connectivity index (χ1n) is 8.37. The number of nitrogens with zero attached hydrogens (tertiary/aromatic N) is 1. The first-order chi connectivity index (χ1) is 11.0. The molecule has 122 valence electrons. The summed E-state index contributed by atoms with van der Waals surface area (Å²) in [5, 5.41) is 13.4. The zero-order chi connectivity index (χ0) is 16.4. The summed E-state index contributed by atoms with van der Waals surface area (Å²) in [4.78, 5) is 2.28. The number of hydrogen-bond donors (Lipinski definition) is 1. The van der Waals surface area contributed by atoms with Crippen molar-refractivity contribution >= 4 is 31.5 Å². The molecule has 2 aromatic carbocycles. The summed E-state index contributed by atoms with van der Waals surface area (Å²) in [5.74, 6) is 0. The van der Waals surface area contributed by atoms with E-state index in [2.05, 4.69) is 61.2 Å². The summed E-state index contributed by atoms with van der Waals surface area (Å²) in [6.45, 7) is 8.89. The highest BCUT2D eigenvalue weighted by molar-refractivity contribution is 7.25. The molecule has 3 heteroatoms. The van der Waals surface area contributed by atoms with Gasteiger partial charge in [0, 0.05) is 33.1 Å². The summed E-state index contributed by atoms with van der Waals surface area (Å²) in [5.41, 5.74) is 0.504. The molecule has 3 rings (SSSR count). The van der Waals surface area contributed by atoms with Crippen molar-refractivity contribution in [3.8, 4) is 0 Å². The smallest absolute Gasteiger partial charge is 0.0786 e. The van der Waals surface area contributed by atoms with Gasteiger partial charge in [-0.15, -0.1) is 11.3 Å². The van der Waals surface area contributed by atoms with Crippen molar-refractivity contribution in [1.29, 1.82) is 0 Å². The SMILES string of the molecule is CCN(CC)CC(C)(O)Cc1ccc2sc3ccccc3c2c1. The number of thiophene rings is 1. The van der Waals surface area contributed by atoms with Gasteiger partial charge in [-0.3, -0.25) is 0 Å². The number of aliphatic hydroxyl groups is 1. The molecule has 0 radical (unpaired) electrons. The van der Waals surface area contributed by atoms with Gasteiger partial charge >= 0.3 is 0 Å². The molecule has 0 saturated carbocycles. The molecule has 0 fully saturated rings. The molecule has 0 spiro atoms. The van der Waals surface area contributed by atoms with E-state index in [0.717, 1.165) is 13.1 Å². The van der Waals surface area contributed by atoms with E-state index < -0.39 is 5.60 Å². The fourth-order valence-electron chi connectivity index (χ4n) is 3.31. The highest BCUT2D eigenvalue weighted by Crippen LogP contribution is 2.34. The Morgan fingerprint density at radius 3 is 2.43 bits per heavy atom. The Kier molecular flexibility index (Phi) is 4.72. The van der Waals surface area contributed by atoms with Gasteiger partial charge in [0.2, 0.25) is 0 Å². The van der Waals surface area contributed by atoms with E-state index in [9.17, 15) is 5.11 Å². The molecule has 0 aliphatic rings. The lowest BCUT2D eigenvalue weighted by Crippen LogP contribution is -2.42. The van der Waals surface area contributed by atoms with Crippen LogP contribution in [0.4, 0.5) is 0 Å². The number of likely N-dealkylation sites (N-methyl/N-ethyl adjacent to an activating group) is 1. The predicted molar refractivity (Wildman–Crippen MR) is 101 cm³/mol. The van der Waals surface area contributed by atoms with Crippen molar-refractivity contribution in [3.05, 3.63) is 48.0 Å². The topological polar surface area (TPSA) is 23.5 Å². The maximum atomic E-state index is 10.8. The first kappa shape index (κ1) is 16.4. The van der Waals surface area contributed by atoms with Gasteiger partial charge < -0.3 is 10.0 Å². The van der Waals surface area contributed by atoms with Gasteiger partial charge in [0.1, 0.15) is 0 Å². The molecule has 0 bridgehead atoms. The second kappa shape index (κ2) is 6.60. The van der Waals surface area contributed by atoms with E-state index in [1.165, 1.54) is 25.7 Å². The summed E-state index contributed by atoms with van der Waals surface area (Å²) in [7, 11) is 0. The fraction of sp³-hybridized carbons (Fsp3) is 0.400. The van der Waals surface area contributed by atoms with Gasteiger partial charge in [-0.2, -0.15) is 0 Å². The second-order valence-electron chi connectivity index (χ2n) is 6.56. The Balaban J connectivity index is 1.89. The third-order valence-electron chi connectivity index (χ3n) is 4.48. The van der Waals surface area contributed by atoms with E-state index >= 15 is 0 Å². The lowest BCUT2D eigenvalue weighted by atomic mass is 9.95. The van der Waals surface area contributed by atoms with Crippen molar-refractivity contribution < 1.29 is 5.11 Å². The average Bonchev–Trinajstić information content (AvgIpc) is 2.90. The van der Waals surface area contributed by atoms with Crippen LogP contribution in [-0.2, 0) is 6.42 Å². The normalized spacial score (nSPS) is 14.7. The second-order valence-corrected chi connectivity index (χ2v) is 7.65. The Morgan fingerprint density at radius 1 is 1.00 bits per heavy atom. The number of rotatable bonds is 6. The molecule has 2 nitrogen and oxygen atoms in total. The summed E-state index contributed by atoms with van der Waals surface area (Å²) < 4.78 is 2.65. The van der Waals surface area contributed by atoms with Crippen LogP contribution >= 0.6 is 11.3 Å². The molecule has 0 amide bonds. The molecule has 1 unspecified atom stereocenters. The van der Waals surface area contributed by atoms with Gasteiger partial charge in [0.25, 0.3) is 0 Å². The molecule has 1 atom stereocenters. The van der Waals surface area contributed by atoms with Gasteiger partial charge in [0.15, 0.2) is 0 Å². The van der Waals surface area contributed by atoms with Gasteiger partial charge in [-0.1, -0.05) is 38.1 Å². The molecular weight excluding hydrogens is 302 g/mol. The average molecular weight is 327 g/mol. The predicted octanol–water partition coefficient (Wildman–Crippen LogP) is 4.69.